The van der Waals surface area contributed by atoms with Crippen LogP contribution in [0.2, 0.25) is 0 Å². The summed E-state index contributed by atoms with van der Waals surface area (Å²) in [6, 6.07) is 0. The third-order valence-electron chi connectivity index (χ3n) is 2.11. The number of ether oxygens (including phenoxy) is 1. The fourth-order valence-electron chi connectivity index (χ4n) is 1.34. The van der Waals surface area contributed by atoms with E-state index in [1.807, 2.05) is 0 Å². The molecule has 72 valence electrons. The predicted molar refractivity (Wildman–Crippen MR) is 41.2 cm³/mol. The van der Waals surface area contributed by atoms with E-state index in [9.17, 15) is 10.2 Å². The van der Waals surface area contributed by atoms with Gasteiger partial charge in [0, 0.05) is 0 Å². The summed E-state index contributed by atoms with van der Waals surface area (Å²) >= 11 is 0. The van der Waals surface area contributed by atoms with Crippen LogP contribution in [0.1, 0.15) is 13.8 Å². The molecule has 1 fully saturated rings. The molecule has 1 aliphatic rings. The molecule has 0 spiro atoms. The Morgan fingerprint density at radius 1 is 1.50 bits per heavy atom. The molecule has 0 bridgehead atoms. The average molecular weight is 177 g/mol. The van der Waals surface area contributed by atoms with Gasteiger partial charge in [-0.1, -0.05) is 0 Å². The lowest BCUT2D eigenvalue weighted by molar-refractivity contribution is -0.0970. The van der Waals surface area contributed by atoms with E-state index in [4.69, 9.17) is 15.6 Å². The van der Waals surface area contributed by atoms with Gasteiger partial charge in [-0.3, -0.25) is 0 Å². The van der Waals surface area contributed by atoms with Gasteiger partial charge in [-0.2, -0.15) is 0 Å². The minimum atomic E-state index is -1.28. The Bertz CT molecular complexity index is 171. The van der Waals surface area contributed by atoms with E-state index < -0.39 is 30.1 Å². The largest absolute Gasteiger partial charge is 0.391 e. The molecular weight excluding hydrogens is 162 g/mol. The number of nitrogens with two attached hydrogens (primary N) is 1. The van der Waals surface area contributed by atoms with Crippen LogP contribution in [0, 0.1) is 0 Å². The monoisotopic (exact) mass is 177 g/mol. The SMILES string of the molecule is C[C@H](O)[C@H]1O[C@](C)(N)C(O)C1O. The van der Waals surface area contributed by atoms with Gasteiger partial charge in [-0.15, -0.1) is 0 Å². The quantitative estimate of drug-likeness (QED) is 0.377. The molecule has 5 atom stereocenters. The molecule has 0 saturated carbocycles. The zero-order valence-corrected chi connectivity index (χ0v) is 7.14. The third-order valence-corrected chi connectivity index (χ3v) is 2.11. The van der Waals surface area contributed by atoms with Crippen molar-refractivity contribution in [1.29, 1.82) is 0 Å². The van der Waals surface area contributed by atoms with E-state index in [-0.39, 0.29) is 0 Å². The molecule has 0 aliphatic carbocycles. The number of aliphatic hydroxyl groups excluding tert-OH is 3. The molecular formula is C7H15NO4. The van der Waals surface area contributed by atoms with Gasteiger partial charge in [0.2, 0.25) is 0 Å². The van der Waals surface area contributed by atoms with Crippen molar-refractivity contribution in [1.82, 2.24) is 0 Å². The van der Waals surface area contributed by atoms with Crippen LogP contribution in [0.4, 0.5) is 0 Å². The van der Waals surface area contributed by atoms with Gasteiger partial charge in [0.1, 0.15) is 24.0 Å². The van der Waals surface area contributed by atoms with Gasteiger partial charge in [0.15, 0.2) is 0 Å². The molecule has 5 nitrogen and oxygen atoms in total. The first kappa shape index (κ1) is 9.88. The average Bonchev–Trinajstić information content (AvgIpc) is 2.14. The van der Waals surface area contributed by atoms with Crippen LogP contribution in [0.15, 0.2) is 0 Å². The summed E-state index contributed by atoms with van der Waals surface area (Å²) in [6.07, 6.45) is -3.94. The molecule has 1 saturated heterocycles. The second-order valence-electron chi connectivity index (χ2n) is 3.44. The van der Waals surface area contributed by atoms with Crippen LogP contribution in [0.5, 0.6) is 0 Å². The van der Waals surface area contributed by atoms with Crippen molar-refractivity contribution < 1.29 is 20.1 Å². The predicted octanol–water partition coefficient (Wildman–Crippen LogP) is -1.84. The van der Waals surface area contributed by atoms with Crippen molar-refractivity contribution >= 4 is 0 Å². The Morgan fingerprint density at radius 3 is 2.17 bits per heavy atom. The summed E-state index contributed by atoms with van der Waals surface area (Å²) in [4.78, 5) is 0. The third kappa shape index (κ3) is 1.46. The summed E-state index contributed by atoms with van der Waals surface area (Å²) in [7, 11) is 0. The fraction of sp³-hybridized carbons (Fsp3) is 1.00. The van der Waals surface area contributed by atoms with Gasteiger partial charge in [0.25, 0.3) is 0 Å². The lowest BCUT2D eigenvalue weighted by Gasteiger charge is -2.21. The molecule has 0 amide bonds. The first-order valence-electron chi connectivity index (χ1n) is 3.87. The molecule has 1 rings (SSSR count). The molecule has 12 heavy (non-hydrogen) atoms. The number of aliphatic hydroxyl groups is 3. The van der Waals surface area contributed by atoms with Crippen LogP contribution in [-0.4, -0.2) is 45.5 Å². The summed E-state index contributed by atoms with van der Waals surface area (Å²) in [6.45, 7) is 2.94. The van der Waals surface area contributed by atoms with Gasteiger partial charge in [-0.25, -0.2) is 0 Å². The maximum atomic E-state index is 9.35. The van der Waals surface area contributed by atoms with E-state index >= 15 is 0 Å². The van der Waals surface area contributed by atoms with E-state index in [2.05, 4.69) is 0 Å². The smallest absolute Gasteiger partial charge is 0.143 e. The second kappa shape index (κ2) is 2.93. The van der Waals surface area contributed by atoms with Crippen LogP contribution < -0.4 is 5.73 Å². The maximum absolute atomic E-state index is 9.35. The maximum Gasteiger partial charge on any atom is 0.143 e. The number of hydrogen-bond acceptors (Lipinski definition) is 5. The summed E-state index contributed by atoms with van der Waals surface area (Å²) in [5.74, 6) is 0. The summed E-state index contributed by atoms with van der Waals surface area (Å²) in [5, 5.41) is 27.8. The molecule has 0 aromatic heterocycles. The van der Waals surface area contributed by atoms with E-state index in [1.54, 1.807) is 0 Å². The van der Waals surface area contributed by atoms with E-state index in [0.717, 1.165) is 0 Å². The van der Waals surface area contributed by atoms with Gasteiger partial charge in [-0.05, 0) is 13.8 Å². The minimum absolute atomic E-state index is 0.810. The van der Waals surface area contributed by atoms with Crippen LogP contribution in [-0.2, 0) is 4.74 Å². The molecule has 0 aromatic carbocycles. The minimum Gasteiger partial charge on any atom is -0.391 e. The lowest BCUT2D eigenvalue weighted by atomic mass is 10.0. The topological polar surface area (TPSA) is 95.9 Å². The lowest BCUT2D eigenvalue weighted by Crippen LogP contribution is -2.48. The van der Waals surface area contributed by atoms with Gasteiger partial charge < -0.3 is 25.8 Å². The van der Waals surface area contributed by atoms with Gasteiger partial charge in [0.05, 0.1) is 6.10 Å². The Hall–Kier alpha value is -0.200. The second-order valence-corrected chi connectivity index (χ2v) is 3.44. The zero-order valence-electron chi connectivity index (χ0n) is 7.14. The summed E-state index contributed by atoms with van der Waals surface area (Å²) < 4.78 is 5.06. The highest BCUT2D eigenvalue weighted by Crippen LogP contribution is 2.28. The van der Waals surface area contributed by atoms with Crippen molar-refractivity contribution in [2.75, 3.05) is 0 Å². The molecule has 1 heterocycles. The van der Waals surface area contributed by atoms with Crippen molar-refractivity contribution in [2.45, 2.75) is 44.0 Å². The Morgan fingerprint density at radius 2 is 2.00 bits per heavy atom. The van der Waals surface area contributed by atoms with Gasteiger partial charge >= 0.3 is 0 Å². The van der Waals surface area contributed by atoms with Crippen molar-refractivity contribution in [2.24, 2.45) is 5.73 Å². The van der Waals surface area contributed by atoms with E-state index in [0.29, 0.717) is 0 Å². The summed E-state index contributed by atoms with van der Waals surface area (Å²) in [5.41, 5.74) is 4.22. The van der Waals surface area contributed by atoms with E-state index in [1.165, 1.54) is 13.8 Å². The molecule has 1 aliphatic heterocycles. The highest BCUT2D eigenvalue weighted by Gasteiger charge is 2.50. The zero-order chi connectivity index (χ0) is 9.52. The van der Waals surface area contributed by atoms with Crippen LogP contribution in [0.3, 0.4) is 0 Å². The molecule has 5 N–H and O–H groups in total. The standard InChI is InChI=1S/C7H15NO4/c1-3(9)5-4(10)6(11)7(2,8)12-5/h3-6,9-11H,8H2,1-2H3/t3-,4?,5+,6?,7-/m0/s1. The Labute approximate surface area is 70.8 Å². The number of rotatable bonds is 1. The van der Waals surface area contributed by atoms with Crippen LogP contribution >= 0.6 is 0 Å². The first-order chi connectivity index (χ1) is 5.36. The van der Waals surface area contributed by atoms with Crippen molar-refractivity contribution in [3.63, 3.8) is 0 Å². The molecule has 0 radical (unpaired) electrons. The fourth-order valence-corrected chi connectivity index (χ4v) is 1.34. The van der Waals surface area contributed by atoms with Crippen LogP contribution in [0.25, 0.3) is 0 Å². The Kier molecular flexibility index (Phi) is 2.42. The molecule has 5 heteroatoms. The highest BCUT2D eigenvalue weighted by atomic mass is 16.6. The van der Waals surface area contributed by atoms with Crippen molar-refractivity contribution in [3.8, 4) is 0 Å². The highest BCUT2D eigenvalue weighted by molar-refractivity contribution is 4.97. The first-order valence-corrected chi connectivity index (χ1v) is 3.87. The molecule has 0 aromatic rings. The Balaban J connectivity index is 2.74. The molecule has 2 unspecified atom stereocenters. The normalized spacial score (nSPS) is 51.0. The number of hydrogen-bond donors (Lipinski definition) is 4. The van der Waals surface area contributed by atoms with Crippen molar-refractivity contribution in [3.05, 3.63) is 0 Å².